The highest BCUT2D eigenvalue weighted by molar-refractivity contribution is 5.01. The molecule has 2 nitrogen and oxygen atoms in total. The third-order valence-electron chi connectivity index (χ3n) is 6.04. The van der Waals surface area contributed by atoms with Crippen LogP contribution in [0.3, 0.4) is 0 Å². The lowest BCUT2D eigenvalue weighted by molar-refractivity contribution is 0.152. The van der Waals surface area contributed by atoms with E-state index in [1.165, 1.54) is 57.8 Å². The van der Waals surface area contributed by atoms with E-state index in [2.05, 4.69) is 19.2 Å². The Morgan fingerprint density at radius 1 is 1.00 bits per heavy atom. The largest absolute Gasteiger partial charge is 0.329 e. The van der Waals surface area contributed by atoms with Crippen LogP contribution in [0.1, 0.15) is 71.6 Å². The van der Waals surface area contributed by atoms with Crippen molar-refractivity contribution in [3.8, 4) is 0 Å². The predicted octanol–water partition coefficient (Wildman–Crippen LogP) is 3.45. The SMILES string of the molecule is CC1(C)CCC(NC2(CN)CCCC(C3CC3)C2)C1. The van der Waals surface area contributed by atoms with Crippen molar-refractivity contribution in [1.29, 1.82) is 0 Å². The molecule has 0 amide bonds. The molecule has 0 aromatic carbocycles. The van der Waals surface area contributed by atoms with Crippen LogP contribution in [-0.2, 0) is 0 Å². The molecule has 0 aliphatic heterocycles. The van der Waals surface area contributed by atoms with Gasteiger partial charge in [0.05, 0.1) is 0 Å². The van der Waals surface area contributed by atoms with E-state index in [1.54, 1.807) is 0 Å². The fourth-order valence-electron chi connectivity index (χ4n) is 4.75. The van der Waals surface area contributed by atoms with E-state index in [0.717, 1.165) is 24.4 Å². The first-order valence-corrected chi connectivity index (χ1v) is 8.50. The minimum absolute atomic E-state index is 0.274. The van der Waals surface area contributed by atoms with Gasteiger partial charge in [-0.05, 0) is 62.2 Å². The molecule has 3 N–H and O–H groups in total. The number of nitrogens with one attached hydrogen (secondary N) is 1. The van der Waals surface area contributed by atoms with E-state index < -0.39 is 0 Å². The van der Waals surface area contributed by atoms with Crippen LogP contribution in [0.2, 0.25) is 0 Å². The highest BCUT2D eigenvalue weighted by Gasteiger charge is 2.43. The summed E-state index contributed by atoms with van der Waals surface area (Å²) in [7, 11) is 0. The van der Waals surface area contributed by atoms with Crippen molar-refractivity contribution in [2.45, 2.75) is 83.2 Å². The molecule has 3 unspecified atom stereocenters. The molecule has 0 aromatic rings. The van der Waals surface area contributed by atoms with Crippen molar-refractivity contribution in [2.75, 3.05) is 6.54 Å². The zero-order valence-corrected chi connectivity index (χ0v) is 12.9. The van der Waals surface area contributed by atoms with Crippen LogP contribution in [-0.4, -0.2) is 18.1 Å². The molecule has 0 heterocycles. The average Bonchev–Trinajstić information content (AvgIpc) is 3.16. The van der Waals surface area contributed by atoms with Gasteiger partial charge in [-0.25, -0.2) is 0 Å². The molecule has 0 aromatic heterocycles. The summed E-state index contributed by atoms with van der Waals surface area (Å²) < 4.78 is 0. The molecule has 0 radical (unpaired) electrons. The summed E-state index contributed by atoms with van der Waals surface area (Å²) in [5, 5.41) is 4.02. The summed E-state index contributed by atoms with van der Waals surface area (Å²) in [4.78, 5) is 0. The normalized spacial score (nSPS) is 42.5. The average molecular weight is 264 g/mol. The first-order valence-electron chi connectivity index (χ1n) is 8.50. The van der Waals surface area contributed by atoms with Crippen molar-refractivity contribution < 1.29 is 0 Å². The standard InChI is InChI=1S/C17H32N2/c1-16(2)9-7-15(11-16)19-17(12-18)8-3-4-14(10-17)13-5-6-13/h13-15,19H,3-12,18H2,1-2H3. The second-order valence-electron chi connectivity index (χ2n) is 8.43. The maximum atomic E-state index is 6.20. The van der Waals surface area contributed by atoms with E-state index in [-0.39, 0.29) is 5.54 Å². The molecule has 3 saturated carbocycles. The zero-order valence-electron chi connectivity index (χ0n) is 12.9. The van der Waals surface area contributed by atoms with Crippen LogP contribution in [0.4, 0.5) is 0 Å². The van der Waals surface area contributed by atoms with Gasteiger partial charge < -0.3 is 11.1 Å². The molecule has 19 heavy (non-hydrogen) atoms. The fourth-order valence-corrected chi connectivity index (χ4v) is 4.75. The van der Waals surface area contributed by atoms with Gasteiger partial charge in [-0.1, -0.05) is 26.7 Å². The monoisotopic (exact) mass is 264 g/mol. The number of rotatable bonds is 4. The van der Waals surface area contributed by atoms with Crippen LogP contribution in [0, 0.1) is 17.3 Å². The molecule has 0 bridgehead atoms. The lowest BCUT2D eigenvalue weighted by Crippen LogP contribution is -2.57. The number of hydrogen-bond donors (Lipinski definition) is 2. The Morgan fingerprint density at radius 3 is 2.37 bits per heavy atom. The Hall–Kier alpha value is -0.0800. The minimum Gasteiger partial charge on any atom is -0.329 e. The molecule has 3 aliphatic rings. The molecule has 0 saturated heterocycles. The molecule has 3 rings (SSSR count). The second kappa shape index (κ2) is 5.04. The van der Waals surface area contributed by atoms with Crippen molar-refractivity contribution in [3.63, 3.8) is 0 Å². The molecular formula is C17H32N2. The van der Waals surface area contributed by atoms with Crippen molar-refractivity contribution in [1.82, 2.24) is 5.32 Å². The summed E-state index contributed by atoms with van der Waals surface area (Å²) in [5.74, 6) is 2.02. The van der Waals surface area contributed by atoms with Gasteiger partial charge in [-0.15, -0.1) is 0 Å². The fraction of sp³-hybridized carbons (Fsp3) is 1.00. The smallest absolute Gasteiger partial charge is 0.0309 e. The lowest BCUT2D eigenvalue weighted by Gasteiger charge is -2.43. The van der Waals surface area contributed by atoms with Gasteiger partial charge in [-0.3, -0.25) is 0 Å². The third kappa shape index (κ3) is 3.16. The van der Waals surface area contributed by atoms with E-state index in [0.29, 0.717) is 5.41 Å². The molecule has 3 atom stereocenters. The quantitative estimate of drug-likeness (QED) is 0.816. The number of nitrogens with two attached hydrogens (primary N) is 1. The van der Waals surface area contributed by atoms with Crippen LogP contribution in [0.25, 0.3) is 0 Å². The van der Waals surface area contributed by atoms with Crippen molar-refractivity contribution >= 4 is 0 Å². The van der Waals surface area contributed by atoms with Gasteiger partial charge in [0.15, 0.2) is 0 Å². The van der Waals surface area contributed by atoms with Crippen LogP contribution in [0.15, 0.2) is 0 Å². The summed E-state index contributed by atoms with van der Waals surface area (Å²) in [6.07, 6.45) is 12.5. The van der Waals surface area contributed by atoms with Gasteiger partial charge in [0.25, 0.3) is 0 Å². The van der Waals surface area contributed by atoms with E-state index in [4.69, 9.17) is 5.73 Å². The van der Waals surface area contributed by atoms with Crippen molar-refractivity contribution in [2.24, 2.45) is 23.0 Å². The highest BCUT2D eigenvalue weighted by Crippen LogP contribution is 2.47. The maximum absolute atomic E-state index is 6.20. The van der Waals surface area contributed by atoms with Crippen LogP contribution >= 0.6 is 0 Å². The highest BCUT2D eigenvalue weighted by atomic mass is 15.0. The summed E-state index contributed by atoms with van der Waals surface area (Å²) in [5.41, 5.74) is 7.02. The first-order chi connectivity index (χ1) is 9.02. The summed E-state index contributed by atoms with van der Waals surface area (Å²) >= 11 is 0. The Kier molecular flexibility index (Phi) is 3.68. The molecule has 3 aliphatic carbocycles. The van der Waals surface area contributed by atoms with Crippen molar-refractivity contribution in [3.05, 3.63) is 0 Å². The topological polar surface area (TPSA) is 38.0 Å². The Bertz CT molecular complexity index is 321. The first kappa shape index (κ1) is 13.9. The van der Waals surface area contributed by atoms with E-state index in [1.807, 2.05) is 0 Å². The molecule has 2 heteroatoms. The van der Waals surface area contributed by atoms with Gasteiger partial charge >= 0.3 is 0 Å². The Labute approximate surface area is 118 Å². The second-order valence-corrected chi connectivity index (χ2v) is 8.43. The van der Waals surface area contributed by atoms with Gasteiger partial charge in [0.1, 0.15) is 0 Å². The minimum atomic E-state index is 0.274. The molecule has 3 fully saturated rings. The van der Waals surface area contributed by atoms with Gasteiger partial charge in [-0.2, -0.15) is 0 Å². The third-order valence-corrected chi connectivity index (χ3v) is 6.04. The summed E-state index contributed by atoms with van der Waals surface area (Å²) in [6, 6.07) is 0.719. The van der Waals surface area contributed by atoms with Crippen LogP contribution < -0.4 is 11.1 Å². The van der Waals surface area contributed by atoms with Gasteiger partial charge in [0.2, 0.25) is 0 Å². The Morgan fingerprint density at radius 2 is 1.79 bits per heavy atom. The van der Waals surface area contributed by atoms with E-state index >= 15 is 0 Å². The lowest BCUT2D eigenvalue weighted by atomic mass is 9.73. The maximum Gasteiger partial charge on any atom is 0.0309 e. The zero-order chi connectivity index (χ0) is 13.5. The number of hydrogen-bond acceptors (Lipinski definition) is 2. The predicted molar refractivity (Wildman–Crippen MR) is 81.0 cm³/mol. The summed E-state index contributed by atoms with van der Waals surface area (Å²) in [6.45, 7) is 5.67. The van der Waals surface area contributed by atoms with Crippen LogP contribution in [0.5, 0.6) is 0 Å². The molecule has 0 spiro atoms. The molecule has 110 valence electrons. The van der Waals surface area contributed by atoms with Gasteiger partial charge in [0, 0.05) is 18.1 Å². The Balaban J connectivity index is 1.62. The molecular weight excluding hydrogens is 232 g/mol. The van der Waals surface area contributed by atoms with E-state index in [9.17, 15) is 0 Å².